The molecule has 0 atom stereocenters. The summed E-state index contributed by atoms with van der Waals surface area (Å²) in [5.74, 6) is -0.646. The maximum atomic E-state index is 11.4. The van der Waals surface area contributed by atoms with Crippen LogP contribution in [0, 0.1) is 10.1 Å². The first-order valence-electron chi connectivity index (χ1n) is 5.85. The number of hydrogen-bond acceptors (Lipinski definition) is 3. The van der Waals surface area contributed by atoms with Crippen LogP contribution >= 0.6 is 0 Å². The number of nitro groups is 1. The monoisotopic (exact) mass is 268 g/mol. The number of hydrogen-bond donors (Lipinski definition) is 1. The summed E-state index contributed by atoms with van der Waals surface area (Å²) in [5.41, 5.74) is 6.79. The number of nitro benzene ring substituents is 1. The van der Waals surface area contributed by atoms with E-state index in [0.717, 1.165) is 0 Å². The molecule has 0 saturated heterocycles. The van der Waals surface area contributed by atoms with Crippen molar-refractivity contribution in [1.29, 1.82) is 0 Å². The second-order valence-corrected chi connectivity index (χ2v) is 4.11. The quantitative estimate of drug-likeness (QED) is 0.683. The molecule has 20 heavy (non-hydrogen) atoms. The summed E-state index contributed by atoms with van der Waals surface area (Å²) < 4.78 is 0. The van der Waals surface area contributed by atoms with Crippen molar-refractivity contribution in [2.45, 2.75) is 0 Å². The van der Waals surface area contributed by atoms with Gasteiger partial charge in [-0.15, -0.1) is 0 Å². The Morgan fingerprint density at radius 2 is 1.85 bits per heavy atom. The molecule has 0 aliphatic rings. The van der Waals surface area contributed by atoms with E-state index in [-0.39, 0.29) is 11.3 Å². The molecule has 0 aliphatic carbocycles. The van der Waals surface area contributed by atoms with Gasteiger partial charge in [0.25, 0.3) is 5.69 Å². The first kappa shape index (κ1) is 13.5. The highest BCUT2D eigenvalue weighted by molar-refractivity contribution is 6.01. The smallest absolute Gasteiger partial charge is 0.277 e. The molecular formula is C15H12N2O3. The summed E-state index contributed by atoms with van der Waals surface area (Å²) in [6, 6.07) is 11.5. The number of benzene rings is 2. The number of nitrogens with zero attached hydrogens (tertiary/aromatic N) is 1. The van der Waals surface area contributed by atoms with E-state index >= 15 is 0 Å². The number of nitrogens with two attached hydrogens (primary N) is 1. The number of carbonyl (C=O) groups excluding carboxylic acids is 1. The highest BCUT2D eigenvalue weighted by Crippen LogP contribution is 2.35. The Balaban J connectivity index is 2.86. The van der Waals surface area contributed by atoms with Gasteiger partial charge in [0.15, 0.2) is 0 Å². The van der Waals surface area contributed by atoms with E-state index in [1.807, 2.05) is 0 Å². The third kappa shape index (κ3) is 2.29. The molecule has 0 bridgehead atoms. The van der Waals surface area contributed by atoms with Crippen molar-refractivity contribution < 1.29 is 9.72 Å². The molecule has 2 aromatic rings. The second-order valence-electron chi connectivity index (χ2n) is 4.11. The minimum atomic E-state index is -0.646. The van der Waals surface area contributed by atoms with Crippen LogP contribution in [-0.2, 0) is 0 Å². The van der Waals surface area contributed by atoms with Crippen LogP contribution in [0.3, 0.4) is 0 Å². The Morgan fingerprint density at radius 3 is 2.35 bits per heavy atom. The van der Waals surface area contributed by atoms with Gasteiger partial charge < -0.3 is 5.73 Å². The van der Waals surface area contributed by atoms with Crippen molar-refractivity contribution in [2.24, 2.45) is 5.73 Å². The highest BCUT2D eigenvalue weighted by atomic mass is 16.6. The Bertz CT molecular complexity index is 694. The summed E-state index contributed by atoms with van der Waals surface area (Å²) in [6.07, 6.45) is 1.41. The molecule has 0 heterocycles. The molecule has 1 amide bonds. The van der Waals surface area contributed by atoms with Gasteiger partial charge in [0.2, 0.25) is 5.91 Å². The predicted octanol–water partition coefficient (Wildman–Crippen LogP) is 3.00. The van der Waals surface area contributed by atoms with Crippen LogP contribution < -0.4 is 5.73 Å². The Hall–Kier alpha value is -2.95. The van der Waals surface area contributed by atoms with Crippen LogP contribution in [0.4, 0.5) is 5.69 Å². The normalized spacial score (nSPS) is 10.0. The van der Waals surface area contributed by atoms with Crippen LogP contribution in [0.5, 0.6) is 0 Å². The largest absolute Gasteiger partial charge is 0.366 e. The molecule has 2 N–H and O–H groups in total. The van der Waals surface area contributed by atoms with Crippen molar-refractivity contribution in [1.82, 2.24) is 0 Å². The van der Waals surface area contributed by atoms with Gasteiger partial charge in [-0.05, 0) is 11.6 Å². The lowest BCUT2D eigenvalue weighted by Gasteiger charge is -2.10. The zero-order valence-electron chi connectivity index (χ0n) is 10.6. The Morgan fingerprint density at radius 1 is 1.20 bits per heavy atom. The van der Waals surface area contributed by atoms with E-state index in [4.69, 9.17) is 5.73 Å². The summed E-state index contributed by atoms with van der Waals surface area (Å²) >= 11 is 0. The first-order valence-corrected chi connectivity index (χ1v) is 5.85. The fraction of sp³-hybridized carbons (Fsp3) is 0. The summed E-state index contributed by atoms with van der Waals surface area (Å²) in [4.78, 5) is 22.2. The van der Waals surface area contributed by atoms with Crippen LogP contribution in [0.15, 0.2) is 49.0 Å². The SMILES string of the molecule is C=Cc1c(C(N)=O)ccc([N+](=O)[O-])c1-c1ccccc1. The van der Waals surface area contributed by atoms with Crippen molar-refractivity contribution >= 4 is 17.7 Å². The van der Waals surface area contributed by atoms with Gasteiger partial charge in [0, 0.05) is 17.2 Å². The Labute approximate surface area is 115 Å². The summed E-state index contributed by atoms with van der Waals surface area (Å²) in [5, 5.41) is 11.2. The van der Waals surface area contributed by atoms with Gasteiger partial charge >= 0.3 is 0 Å². The molecular weight excluding hydrogens is 256 g/mol. The van der Waals surface area contributed by atoms with Gasteiger partial charge in [0.1, 0.15) is 0 Å². The third-order valence-corrected chi connectivity index (χ3v) is 2.95. The molecule has 100 valence electrons. The van der Waals surface area contributed by atoms with Crippen LogP contribution in [-0.4, -0.2) is 10.8 Å². The van der Waals surface area contributed by atoms with E-state index in [9.17, 15) is 14.9 Å². The molecule has 0 saturated carbocycles. The molecule has 5 nitrogen and oxygen atoms in total. The van der Waals surface area contributed by atoms with E-state index < -0.39 is 10.8 Å². The van der Waals surface area contributed by atoms with Crippen LogP contribution in [0.2, 0.25) is 0 Å². The first-order chi connectivity index (χ1) is 9.56. The van der Waals surface area contributed by atoms with E-state index in [1.165, 1.54) is 18.2 Å². The van der Waals surface area contributed by atoms with Crippen molar-refractivity contribution in [3.05, 3.63) is 70.3 Å². The maximum Gasteiger partial charge on any atom is 0.277 e. The molecule has 2 rings (SSSR count). The van der Waals surface area contributed by atoms with Gasteiger partial charge in [-0.3, -0.25) is 14.9 Å². The van der Waals surface area contributed by atoms with Crippen molar-refractivity contribution in [3.63, 3.8) is 0 Å². The number of carbonyl (C=O) groups is 1. The van der Waals surface area contributed by atoms with Gasteiger partial charge in [-0.25, -0.2) is 0 Å². The average Bonchev–Trinajstić information content (AvgIpc) is 2.46. The fourth-order valence-electron chi connectivity index (χ4n) is 2.10. The molecule has 0 unspecified atom stereocenters. The lowest BCUT2D eigenvalue weighted by atomic mass is 9.93. The average molecular weight is 268 g/mol. The molecule has 0 aliphatic heterocycles. The number of rotatable bonds is 4. The molecule has 0 fully saturated rings. The van der Waals surface area contributed by atoms with Gasteiger partial charge in [-0.1, -0.05) is 43.0 Å². The fourth-order valence-corrected chi connectivity index (χ4v) is 2.10. The van der Waals surface area contributed by atoms with E-state index in [1.54, 1.807) is 30.3 Å². The molecule has 5 heteroatoms. The number of primary amides is 1. The molecule has 0 spiro atoms. The van der Waals surface area contributed by atoms with Crippen LogP contribution in [0.25, 0.3) is 17.2 Å². The Kier molecular flexibility index (Phi) is 3.61. The van der Waals surface area contributed by atoms with E-state index in [0.29, 0.717) is 16.7 Å². The minimum Gasteiger partial charge on any atom is -0.366 e. The standard InChI is InChI=1S/C15H12N2O3/c1-2-11-12(15(16)18)8-9-13(17(19)20)14(11)10-6-4-3-5-7-10/h2-9H,1H2,(H2,16,18). The van der Waals surface area contributed by atoms with E-state index in [2.05, 4.69) is 6.58 Å². The molecule has 0 radical (unpaired) electrons. The summed E-state index contributed by atoms with van der Waals surface area (Å²) in [7, 11) is 0. The zero-order valence-corrected chi connectivity index (χ0v) is 10.6. The lowest BCUT2D eigenvalue weighted by Crippen LogP contribution is -2.13. The van der Waals surface area contributed by atoms with Crippen molar-refractivity contribution in [2.75, 3.05) is 0 Å². The minimum absolute atomic E-state index is 0.0869. The van der Waals surface area contributed by atoms with Crippen LogP contribution in [0.1, 0.15) is 15.9 Å². The number of amides is 1. The second kappa shape index (κ2) is 5.36. The topological polar surface area (TPSA) is 86.2 Å². The third-order valence-electron chi connectivity index (χ3n) is 2.95. The highest BCUT2D eigenvalue weighted by Gasteiger charge is 2.22. The lowest BCUT2D eigenvalue weighted by molar-refractivity contribution is -0.384. The molecule has 2 aromatic carbocycles. The maximum absolute atomic E-state index is 11.4. The van der Waals surface area contributed by atoms with Crippen molar-refractivity contribution in [3.8, 4) is 11.1 Å². The predicted molar refractivity (Wildman–Crippen MR) is 77.1 cm³/mol. The van der Waals surface area contributed by atoms with Gasteiger partial charge in [-0.2, -0.15) is 0 Å². The summed E-state index contributed by atoms with van der Waals surface area (Å²) in [6.45, 7) is 3.63. The van der Waals surface area contributed by atoms with Gasteiger partial charge in [0.05, 0.1) is 10.5 Å². The molecule has 0 aromatic heterocycles. The zero-order chi connectivity index (χ0) is 14.7.